The summed E-state index contributed by atoms with van der Waals surface area (Å²) in [6.07, 6.45) is 1.74. The molecule has 0 aromatic carbocycles. The first kappa shape index (κ1) is 7.95. The summed E-state index contributed by atoms with van der Waals surface area (Å²) in [4.78, 5) is 4.08. The lowest BCUT2D eigenvalue weighted by atomic mass is 10.3. The maximum absolute atomic E-state index is 4.08. The normalized spacial score (nSPS) is 9.40. The Morgan fingerprint density at radius 3 is 2.60 bits per heavy atom. The van der Waals surface area contributed by atoms with E-state index >= 15 is 0 Å². The van der Waals surface area contributed by atoms with Crippen molar-refractivity contribution in [2.24, 2.45) is 0 Å². The Balaban J connectivity index is 3.00. The standard InChI is InChI=1S/C7H5Br2N/c1-5(8)7-3-2-6(9)4-10-7/h2-4H,1H2. The fourth-order valence-electron chi connectivity index (χ4n) is 0.536. The fourth-order valence-corrected chi connectivity index (χ4v) is 1.01. The third-order valence-electron chi connectivity index (χ3n) is 1.01. The van der Waals surface area contributed by atoms with E-state index in [4.69, 9.17) is 0 Å². The van der Waals surface area contributed by atoms with Gasteiger partial charge in [0.25, 0.3) is 0 Å². The average molecular weight is 263 g/mol. The minimum Gasteiger partial charge on any atom is -0.255 e. The van der Waals surface area contributed by atoms with Gasteiger partial charge in [0.15, 0.2) is 0 Å². The van der Waals surface area contributed by atoms with Crippen molar-refractivity contribution in [1.29, 1.82) is 0 Å². The molecule has 0 fully saturated rings. The zero-order valence-corrected chi connectivity index (χ0v) is 8.31. The number of pyridine rings is 1. The first-order chi connectivity index (χ1) is 4.70. The van der Waals surface area contributed by atoms with E-state index in [1.807, 2.05) is 12.1 Å². The molecule has 1 rings (SSSR count). The predicted octanol–water partition coefficient (Wildman–Crippen LogP) is 3.21. The maximum Gasteiger partial charge on any atom is 0.0766 e. The van der Waals surface area contributed by atoms with Crippen molar-refractivity contribution < 1.29 is 0 Å². The molecule has 0 atom stereocenters. The summed E-state index contributed by atoms with van der Waals surface area (Å²) in [7, 11) is 0. The smallest absolute Gasteiger partial charge is 0.0766 e. The van der Waals surface area contributed by atoms with E-state index in [2.05, 4.69) is 43.4 Å². The van der Waals surface area contributed by atoms with Gasteiger partial charge in [-0.2, -0.15) is 0 Å². The lowest BCUT2D eigenvalue weighted by molar-refractivity contribution is 1.28. The monoisotopic (exact) mass is 261 g/mol. The third kappa shape index (κ3) is 1.92. The van der Waals surface area contributed by atoms with Gasteiger partial charge in [0.1, 0.15) is 0 Å². The van der Waals surface area contributed by atoms with Crippen LogP contribution in [0.4, 0.5) is 0 Å². The molecule has 3 heteroatoms. The van der Waals surface area contributed by atoms with Crippen LogP contribution in [0.1, 0.15) is 5.69 Å². The van der Waals surface area contributed by atoms with E-state index in [9.17, 15) is 0 Å². The van der Waals surface area contributed by atoms with Gasteiger partial charge in [0.05, 0.1) is 5.69 Å². The van der Waals surface area contributed by atoms with Gasteiger partial charge < -0.3 is 0 Å². The molecule has 1 aromatic heterocycles. The van der Waals surface area contributed by atoms with Gasteiger partial charge in [-0.15, -0.1) is 0 Å². The Kier molecular flexibility index (Phi) is 2.63. The van der Waals surface area contributed by atoms with Crippen molar-refractivity contribution in [3.8, 4) is 0 Å². The summed E-state index contributed by atoms with van der Waals surface area (Å²) in [5.41, 5.74) is 0.864. The molecule has 0 saturated heterocycles. The molecular weight excluding hydrogens is 258 g/mol. The molecule has 1 heterocycles. The van der Waals surface area contributed by atoms with Gasteiger partial charge in [0, 0.05) is 15.2 Å². The topological polar surface area (TPSA) is 12.9 Å². The molecule has 52 valence electrons. The lowest BCUT2D eigenvalue weighted by Crippen LogP contribution is -1.80. The van der Waals surface area contributed by atoms with Crippen molar-refractivity contribution in [3.05, 3.63) is 35.1 Å². The summed E-state index contributed by atoms with van der Waals surface area (Å²) >= 11 is 6.52. The number of hydrogen-bond donors (Lipinski definition) is 0. The molecule has 0 radical (unpaired) electrons. The molecule has 0 amide bonds. The summed E-state index contributed by atoms with van der Waals surface area (Å²) in [6, 6.07) is 3.82. The third-order valence-corrected chi connectivity index (χ3v) is 1.88. The van der Waals surface area contributed by atoms with Crippen LogP contribution in [-0.4, -0.2) is 4.98 Å². The number of aromatic nitrogens is 1. The Bertz CT molecular complexity index is 240. The van der Waals surface area contributed by atoms with Crippen molar-refractivity contribution in [3.63, 3.8) is 0 Å². The van der Waals surface area contributed by atoms with E-state index in [0.29, 0.717) is 0 Å². The van der Waals surface area contributed by atoms with E-state index in [-0.39, 0.29) is 0 Å². The van der Waals surface area contributed by atoms with Crippen molar-refractivity contribution in [2.75, 3.05) is 0 Å². The van der Waals surface area contributed by atoms with Crippen molar-refractivity contribution in [2.45, 2.75) is 0 Å². The minimum absolute atomic E-state index is 0.806. The minimum atomic E-state index is 0.806. The summed E-state index contributed by atoms with van der Waals surface area (Å²) in [5, 5.41) is 0. The first-order valence-electron chi connectivity index (χ1n) is 2.66. The SMILES string of the molecule is C=C(Br)c1ccc(Br)cn1. The second-order valence-electron chi connectivity index (χ2n) is 1.77. The molecular formula is C7H5Br2N. The molecule has 0 unspecified atom stereocenters. The highest BCUT2D eigenvalue weighted by molar-refractivity contribution is 9.15. The van der Waals surface area contributed by atoms with Crippen LogP contribution in [0, 0.1) is 0 Å². The van der Waals surface area contributed by atoms with Gasteiger partial charge >= 0.3 is 0 Å². The molecule has 0 bridgehead atoms. The molecule has 0 spiro atoms. The van der Waals surface area contributed by atoms with Crippen LogP contribution in [0.3, 0.4) is 0 Å². The van der Waals surface area contributed by atoms with Crippen LogP contribution in [0.25, 0.3) is 4.48 Å². The van der Waals surface area contributed by atoms with Crippen LogP contribution in [0.5, 0.6) is 0 Å². The van der Waals surface area contributed by atoms with Gasteiger partial charge in [-0.25, -0.2) is 0 Å². The number of nitrogens with zero attached hydrogens (tertiary/aromatic N) is 1. The second-order valence-corrected chi connectivity index (χ2v) is 3.64. The van der Waals surface area contributed by atoms with Crippen LogP contribution >= 0.6 is 31.9 Å². The largest absolute Gasteiger partial charge is 0.255 e. The van der Waals surface area contributed by atoms with Gasteiger partial charge in [-0.05, 0) is 44.0 Å². The molecule has 0 aliphatic heterocycles. The van der Waals surface area contributed by atoms with Crippen molar-refractivity contribution >= 4 is 36.3 Å². The molecule has 10 heavy (non-hydrogen) atoms. The number of rotatable bonds is 1. The number of hydrogen-bond acceptors (Lipinski definition) is 1. The van der Waals surface area contributed by atoms with Crippen molar-refractivity contribution in [1.82, 2.24) is 4.98 Å². The fraction of sp³-hybridized carbons (Fsp3) is 0. The Hall–Kier alpha value is -0.150. The molecule has 1 aromatic rings. The maximum atomic E-state index is 4.08. The van der Waals surface area contributed by atoms with Gasteiger partial charge in [-0.3, -0.25) is 4.98 Å². The summed E-state index contributed by atoms with van der Waals surface area (Å²) < 4.78 is 1.78. The lowest BCUT2D eigenvalue weighted by Gasteiger charge is -1.94. The molecule has 0 saturated carbocycles. The molecule has 0 aliphatic rings. The second kappa shape index (κ2) is 3.30. The predicted molar refractivity (Wildman–Crippen MR) is 49.9 cm³/mol. The van der Waals surface area contributed by atoms with E-state index in [1.165, 1.54) is 0 Å². The zero-order valence-electron chi connectivity index (χ0n) is 5.14. The Morgan fingerprint density at radius 1 is 1.50 bits per heavy atom. The Labute approximate surface area is 76.4 Å². The zero-order chi connectivity index (χ0) is 7.56. The highest BCUT2D eigenvalue weighted by Crippen LogP contribution is 2.17. The quantitative estimate of drug-likeness (QED) is 0.758. The van der Waals surface area contributed by atoms with Gasteiger partial charge in [0.2, 0.25) is 0 Å². The number of halogens is 2. The first-order valence-corrected chi connectivity index (χ1v) is 4.25. The summed E-state index contributed by atoms with van der Waals surface area (Å²) in [6.45, 7) is 3.69. The Morgan fingerprint density at radius 2 is 2.20 bits per heavy atom. The van der Waals surface area contributed by atoms with E-state index in [1.54, 1.807) is 6.20 Å². The van der Waals surface area contributed by atoms with Crippen LogP contribution in [0.2, 0.25) is 0 Å². The highest BCUT2D eigenvalue weighted by Gasteiger charge is 1.93. The average Bonchev–Trinajstić information content (AvgIpc) is 1.88. The van der Waals surface area contributed by atoms with E-state index < -0.39 is 0 Å². The van der Waals surface area contributed by atoms with Gasteiger partial charge in [-0.1, -0.05) is 6.58 Å². The van der Waals surface area contributed by atoms with E-state index in [0.717, 1.165) is 14.6 Å². The summed E-state index contributed by atoms with van der Waals surface area (Å²) in [5.74, 6) is 0. The molecule has 0 aliphatic carbocycles. The van der Waals surface area contributed by atoms with Crippen LogP contribution in [0.15, 0.2) is 29.4 Å². The molecule has 1 nitrogen and oxygen atoms in total. The highest BCUT2D eigenvalue weighted by atomic mass is 79.9. The van der Waals surface area contributed by atoms with Crippen LogP contribution < -0.4 is 0 Å². The molecule has 0 N–H and O–H groups in total. The van der Waals surface area contributed by atoms with Crippen LogP contribution in [-0.2, 0) is 0 Å².